The Morgan fingerprint density at radius 2 is 2.16 bits per heavy atom. The van der Waals surface area contributed by atoms with E-state index < -0.39 is 0 Å². The fraction of sp³-hybridized carbons (Fsp3) is 0.286. The average molecular weight is 403 g/mol. The standard InChI is InChI=1S/C14H13Br2NOS/c15-11-5-9-1-3-18-14(9)10(6-11)7-17-8-13-12(16)2-4-19-13/h2,4-6,17H,1,3,7-8H2. The molecule has 2 aromatic rings. The van der Waals surface area contributed by atoms with E-state index in [0.29, 0.717) is 0 Å². The Morgan fingerprint density at radius 1 is 1.26 bits per heavy atom. The second kappa shape index (κ2) is 5.95. The molecule has 0 spiro atoms. The third-order valence-corrected chi connectivity index (χ3v) is 5.50. The summed E-state index contributed by atoms with van der Waals surface area (Å²) in [5.74, 6) is 1.07. The van der Waals surface area contributed by atoms with Crippen LogP contribution in [0, 0.1) is 0 Å². The first-order valence-corrected chi connectivity index (χ1v) is 8.57. The lowest BCUT2D eigenvalue weighted by atomic mass is 10.1. The molecule has 3 rings (SSSR count). The summed E-state index contributed by atoms with van der Waals surface area (Å²) in [6.45, 7) is 2.50. The predicted molar refractivity (Wildman–Crippen MR) is 85.9 cm³/mol. The summed E-state index contributed by atoms with van der Waals surface area (Å²) in [5, 5.41) is 5.58. The van der Waals surface area contributed by atoms with Gasteiger partial charge >= 0.3 is 0 Å². The lowest BCUT2D eigenvalue weighted by molar-refractivity contribution is 0.352. The Morgan fingerprint density at radius 3 is 2.95 bits per heavy atom. The van der Waals surface area contributed by atoms with Crippen molar-refractivity contribution in [1.29, 1.82) is 0 Å². The van der Waals surface area contributed by atoms with Gasteiger partial charge < -0.3 is 10.1 Å². The van der Waals surface area contributed by atoms with E-state index in [1.54, 1.807) is 11.3 Å². The monoisotopic (exact) mass is 401 g/mol. The number of hydrogen-bond acceptors (Lipinski definition) is 3. The topological polar surface area (TPSA) is 21.3 Å². The van der Waals surface area contributed by atoms with Crippen molar-refractivity contribution >= 4 is 43.2 Å². The number of halogens is 2. The van der Waals surface area contributed by atoms with Crippen LogP contribution in [0.1, 0.15) is 16.0 Å². The molecule has 19 heavy (non-hydrogen) atoms. The molecule has 1 aromatic carbocycles. The van der Waals surface area contributed by atoms with Crippen LogP contribution in [0.4, 0.5) is 0 Å². The summed E-state index contributed by atoms with van der Waals surface area (Å²) in [7, 11) is 0. The highest BCUT2D eigenvalue weighted by Gasteiger charge is 2.17. The molecule has 0 saturated carbocycles. The Kier molecular flexibility index (Phi) is 4.27. The number of nitrogens with one attached hydrogen (secondary N) is 1. The third-order valence-electron chi connectivity index (χ3n) is 3.12. The SMILES string of the molecule is Brc1cc2c(c(CNCc3sccc3Br)c1)OCC2. The van der Waals surface area contributed by atoms with Gasteiger partial charge in [-0.3, -0.25) is 0 Å². The molecule has 0 unspecified atom stereocenters. The fourth-order valence-corrected chi connectivity index (χ4v) is 4.25. The largest absolute Gasteiger partial charge is 0.493 e. The van der Waals surface area contributed by atoms with Crippen LogP contribution in [-0.4, -0.2) is 6.61 Å². The average Bonchev–Trinajstić information content (AvgIpc) is 2.98. The molecule has 1 aliphatic rings. The highest BCUT2D eigenvalue weighted by atomic mass is 79.9. The fourth-order valence-electron chi connectivity index (χ4n) is 2.24. The summed E-state index contributed by atoms with van der Waals surface area (Å²) in [6.07, 6.45) is 1.01. The smallest absolute Gasteiger partial charge is 0.127 e. The van der Waals surface area contributed by atoms with Crippen molar-refractivity contribution in [2.75, 3.05) is 6.61 Å². The van der Waals surface area contributed by atoms with Crippen molar-refractivity contribution in [2.24, 2.45) is 0 Å². The first-order chi connectivity index (χ1) is 9.24. The van der Waals surface area contributed by atoms with Gasteiger partial charge in [0.25, 0.3) is 0 Å². The van der Waals surface area contributed by atoms with E-state index in [4.69, 9.17) is 4.74 Å². The number of hydrogen-bond donors (Lipinski definition) is 1. The molecule has 1 N–H and O–H groups in total. The Hall–Kier alpha value is -0.360. The second-order valence-electron chi connectivity index (χ2n) is 4.45. The molecule has 0 bridgehead atoms. The van der Waals surface area contributed by atoms with Gasteiger partial charge in [0.05, 0.1) is 6.61 Å². The quantitative estimate of drug-likeness (QED) is 0.812. The lowest BCUT2D eigenvalue weighted by Crippen LogP contribution is -2.12. The zero-order valence-electron chi connectivity index (χ0n) is 10.2. The van der Waals surface area contributed by atoms with E-state index in [9.17, 15) is 0 Å². The van der Waals surface area contributed by atoms with Crippen LogP contribution in [0.15, 0.2) is 32.5 Å². The molecule has 0 fully saturated rings. The van der Waals surface area contributed by atoms with Crippen molar-refractivity contribution in [3.63, 3.8) is 0 Å². The van der Waals surface area contributed by atoms with E-state index in [-0.39, 0.29) is 0 Å². The van der Waals surface area contributed by atoms with Crippen LogP contribution < -0.4 is 10.1 Å². The van der Waals surface area contributed by atoms with Gasteiger partial charge in [0.15, 0.2) is 0 Å². The Labute approximate surface area is 133 Å². The summed E-state index contributed by atoms with van der Waals surface area (Å²) in [4.78, 5) is 1.33. The van der Waals surface area contributed by atoms with Crippen LogP contribution in [0.2, 0.25) is 0 Å². The Balaban J connectivity index is 1.69. The first kappa shape index (κ1) is 13.6. The number of thiophene rings is 1. The third kappa shape index (κ3) is 3.05. The highest BCUT2D eigenvalue weighted by molar-refractivity contribution is 9.10. The second-order valence-corrected chi connectivity index (χ2v) is 7.22. The minimum Gasteiger partial charge on any atom is -0.493 e. The number of fused-ring (bicyclic) bond motifs is 1. The number of rotatable bonds is 4. The number of benzene rings is 1. The van der Waals surface area contributed by atoms with Crippen LogP contribution in [-0.2, 0) is 19.5 Å². The van der Waals surface area contributed by atoms with E-state index in [2.05, 4.69) is 60.8 Å². The molecule has 2 nitrogen and oxygen atoms in total. The summed E-state index contributed by atoms with van der Waals surface area (Å²) < 4.78 is 8.04. The summed E-state index contributed by atoms with van der Waals surface area (Å²) in [6, 6.07) is 6.38. The predicted octanol–water partition coefficient (Wildman–Crippen LogP) is 4.50. The normalized spacial score (nSPS) is 13.4. The van der Waals surface area contributed by atoms with Crippen molar-refractivity contribution in [3.05, 3.63) is 48.5 Å². The zero-order chi connectivity index (χ0) is 13.2. The van der Waals surface area contributed by atoms with Gasteiger partial charge in [-0.25, -0.2) is 0 Å². The van der Waals surface area contributed by atoms with Gasteiger partial charge in [0, 0.05) is 38.9 Å². The molecule has 1 aliphatic heterocycles. The maximum absolute atomic E-state index is 5.73. The highest BCUT2D eigenvalue weighted by Crippen LogP contribution is 2.33. The van der Waals surface area contributed by atoms with Gasteiger partial charge in [-0.2, -0.15) is 0 Å². The van der Waals surface area contributed by atoms with E-state index in [1.165, 1.54) is 20.5 Å². The van der Waals surface area contributed by atoms with Gasteiger partial charge in [-0.05, 0) is 45.1 Å². The van der Waals surface area contributed by atoms with Crippen molar-refractivity contribution in [1.82, 2.24) is 5.32 Å². The lowest BCUT2D eigenvalue weighted by Gasteiger charge is -2.10. The van der Waals surface area contributed by atoms with Gasteiger partial charge in [0.1, 0.15) is 5.75 Å². The maximum atomic E-state index is 5.73. The van der Waals surface area contributed by atoms with Crippen LogP contribution >= 0.6 is 43.2 Å². The van der Waals surface area contributed by atoms with E-state index >= 15 is 0 Å². The molecular weight excluding hydrogens is 390 g/mol. The zero-order valence-corrected chi connectivity index (χ0v) is 14.2. The molecular formula is C14H13Br2NOS. The van der Waals surface area contributed by atoms with Crippen molar-refractivity contribution in [2.45, 2.75) is 19.5 Å². The molecule has 0 atom stereocenters. The molecule has 100 valence electrons. The summed E-state index contributed by atoms with van der Waals surface area (Å²) >= 11 is 8.88. The van der Waals surface area contributed by atoms with Gasteiger partial charge in [0.2, 0.25) is 0 Å². The van der Waals surface area contributed by atoms with Crippen molar-refractivity contribution in [3.8, 4) is 5.75 Å². The molecule has 0 amide bonds. The Bertz CT molecular complexity index is 597. The van der Waals surface area contributed by atoms with Crippen molar-refractivity contribution < 1.29 is 4.74 Å². The van der Waals surface area contributed by atoms with Crippen LogP contribution in [0.3, 0.4) is 0 Å². The molecule has 5 heteroatoms. The van der Waals surface area contributed by atoms with Gasteiger partial charge in [-0.15, -0.1) is 11.3 Å². The van der Waals surface area contributed by atoms with Crippen LogP contribution in [0.5, 0.6) is 5.75 Å². The van der Waals surface area contributed by atoms with Crippen LogP contribution in [0.25, 0.3) is 0 Å². The minimum absolute atomic E-state index is 0.801. The molecule has 0 aliphatic carbocycles. The van der Waals surface area contributed by atoms with E-state index in [1.807, 2.05) is 0 Å². The van der Waals surface area contributed by atoms with E-state index in [0.717, 1.165) is 36.3 Å². The first-order valence-electron chi connectivity index (χ1n) is 6.11. The molecule has 0 radical (unpaired) electrons. The molecule has 1 aromatic heterocycles. The molecule has 0 saturated heterocycles. The summed E-state index contributed by atoms with van der Waals surface area (Å²) in [5.41, 5.74) is 2.54. The number of ether oxygens (including phenoxy) is 1. The maximum Gasteiger partial charge on any atom is 0.127 e. The molecule has 2 heterocycles. The van der Waals surface area contributed by atoms with Gasteiger partial charge in [-0.1, -0.05) is 15.9 Å². The minimum atomic E-state index is 0.801.